The molecule has 0 fully saturated rings. The largest absolute Gasteiger partial charge is 0.352 e. The molecule has 0 aliphatic rings. The molecule has 0 bridgehead atoms. The van der Waals surface area contributed by atoms with E-state index in [0.717, 1.165) is 32.6 Å². The Balaban J connectivity index is 1.44. The van der Waals surface area contributed by atoms with Crippen LogP contribution in [0.15, 0.2) is 79.0 Å². The lowest BCUT2D eigenvalue weighted by Crippen LogP contribution is -2.22. The molecular weight excluding hydrogens is 399 g/mol. The SMILES string of the molecule is O=C(CCc1cn(Cc2ccccc2Cl)c2ccccc12)NCc1ccc(F)cc1. The molecule has 1 aromatic heterocycles. The third-order valence-electron chi connectivity index (χ3n) is 5.19. The summed E-state index contributed by atoms with van der Waals surface area (Å²) in [6.45, 7) is 1.07. The Morgan fingerprint density at radius 1 is 0.933 bits per heavy atom. The minimum Gasteiger partial charge on any atom is -0.352 e. The Morgan fingerprint density at radius 3 is 2.47 bits per heavy atom. The van der Waals surface area contributed by atoms with Gasteiger partial charge in [0.15, 0.2) is 0 Å². The summed E-state index contributed by atoms with van der Waals surface area (Å²) >= 11 is 6.34. The molecular formula is C25H22ClFN2O. The lowest BCUT2D eigenvalue weighted by Gasteiger charge is -2.07. The van der Waals surface area contributed by atoms with Crippen molar-refractivity contribution >= 4 is 28.4 Å². The van der Waals surface area contributed by atoms with Gasteiger partial charge in [-0.3, -0.25) is 4.79 Å². The van der Waals surface area contributed by atoms with Gasteiger partial charge in [0, 0.05) is 41.6 Å². The number of para-hydroxylation sites is 1. The zero-order valence-corrected chi connectivity index (χ0v) is 17.2. The summed E-state index contributed by atoms with van der Waals surface area (Å²) in [5.41, 5.74) is 4.19. The van der Waals surface area contributed by atoms with Crippen LogP contribution in [0.4, 0.5) is 4.39 Å². The number of nitrogens with zero attached hydrogens (tertiary/aromatic N) is 1. The second kappa shape index (κ2) is 9.14. The normalized spacial score (nSPS) is 11.0. The van der Waals surface area contributed by atoms with Crippen LogP contribution >= 0.6 is 11.6 Å². The van der Waals surface area contributed by atoms with Crippen molar-refractivity contribution in [1.29, 1.82) is 0 Å². The minimum atomic E-state index is -0.279. The molecule has 0 saturated heterocycles. The number of halogens is 2. The maximum atomic E-state index is 13.0. The maximum Gasteiger partial charge on any atom is 0.220 e. The molecule has 0 saturated carbocycles. The second-order valence-electron chi connectivity index (χ2n) is 7.29. The summed E-state index contributed by atoms with van der Waals surface area (Å²) in [6.07, 6.45) is 3.15. The number of benzene rings is 3. The number of aromatic nitrogens is 1. The molecule has 1 amide bonds. The van der Waals surface area contributed by atoms with Crippen LogP contribution in [-0.4, -0.2) is 10.5 Å². The molecule has 0 spiro atoms. The highest BCUT2D eigenvalue weighted by Crippen LogP contribution is 2.25. The first-order chi connectivity index (χ1) is 14.6. The standard InChI is InChI=1S/C25H22ClFN2O/c26-23-7-3-1-5-20(23)17-29-16-19(22-6-2-4-8-24(22)29)11-14-25(30)28-15-18-9-12-21(27)13-10-18/h1-10,12-13,16H,11,14-15,17H2,(H,28,30). The van der Waals surface area contributed by atoms with Gasteiger partial charge in [0.25, 0.3) is 0 Å². The molecule has 0 radical (unpaired) electrons. The third kappa shape index (κ3) is 4.71. The number of carbonyl (C=O) groups is 1. The van der Waals surface area contributed by atoms with Crippen LogP contribution in [0.3, 0.4) is 0 Å². The number of amides is 1. The summed E-state index contributed by atoms with van der Waals surface area (Å²) in [4.78, 5) is 12.3. The van der Waals surface area contributed by atoms with Gasteiger partial charge in [-0.2, -0.15) is 0 Å². The predicted octanol–water partition coefficient (Wildman–Crippen LogP) is 5.73. The Kier molecular flexibility index (Phi) is 6.15. The number of fused-ring (bicyclic) bond motifs is 1. The molecule has 30 heavy (non-hydrogen) atoms. The fraction of sp³-hybridized carbons (Fsp3) is 0.160. The van der Waals surface area contributed by atoms with E-state index < -0.39 is 0 Å². The van der Waals surface area contributed by atoms with Gasteiger partial charge in [0.05, 0.1) is 0 Å². The van der Waals surface area contributed by atoms with E-state index in [1.807, 2.05) is 36.4 Å². The van der Waals surface area contributed by atoms with Gasteiger partial charge in [-0.25, -0.2) is 4.39 Å². The highest BCUT2D eigenvalue weighted by molar-refractivity contribution is 6.31. The Labute approximate surface area is 180 Å². The van der Waals surface area contributed by atoms with E-state index >= 15 is 0 Å². The molecule has 3 aromatic carbocycles. The molecule has 0 aliphatic heterocycles. The second-order valence-corrected chi connectivity index (χ2v) is 7.70. The van der Waals surface area contributed by atoms with E-state index in [4.69, 9.17) is 11.6 Å². The van der Waals surface area contributed by atoms with Crippen molar-refractivity contribution in [2.75, 3.05) is 0 Å². The fourth-order valence-electron chi connectivity index (χ4n) is 3.60. The number of hydrogen-bond acceptors (Lipinski definition) is 1. The highest BCUT2D eigenvalue weighted by atomic mass is 35.5. The number of carbonyl (C=O) groups excluding carboxylic acids is 1. The van der Waals surface area contributed by atoms with E-state index in [2.05, 4.69) is 28.2 Å². The molecule has 152 valence electrons. The van der Waals surface area contributed by atoms with Crippen molar-refractivity contribution in [3.63, 3.8) is 0 Å². The number of rotatable bonds is 7. The van der Waals surface area contributed by atoms with Crippen molar-refractivity contribution in [3.05, 3.63) is 107 Å². The van der Waals surface area contributed by atoms with Crippen LogP contribution in [-0.2, 0) is 24.3 Å². The fourth-order valence-corrected chi connectivity index (χ4v) is 3.80. The zero-order chi connectivity index (χ0) is 20.9. The zero-order valence-electron chi connectivity index (χ0n) is 16.4. The topological polar surface area (TPSA) is 34.0 Å². The summed E-state index contributed by atoms with van der Waals surface area (Å²) in [5.74, 6) is -0.305. The van der Waals surface area contributed by atoms with Crippen molar-refractivity contribution in [3.8, 4) is 0 Å². The van der Waals surface area contributed by atoms with Crippen molar-refractivity contribution in [2.24, 2.45) is 0 Å². The van der Waals surface area contributed by atoms with Gasteiger partial charge < -0.3 is 9.88 Å². The third-order valence-corrected chi connectivity index (χ3v) is 5.56. The Bertz CT molecular complexity index is 1170. The Morgan fingerprint density at radius 2 is 1.67 bits per heavy atom. The molecule has 3 nitrogen and oxygen atoms in total. The smallest absolute Gasteiger partial charge is 0.220 e. The molecule has 5 heteroatoms. The molecule has 0 atom stereocenters. The van der Waals surface area contributed by atoms with Gasteiger partial charge in [-0.05, 0) is 47.4 Å². The van der Waals surface area contributed by atoms with Gasteiger partial charge in [0.1, 0.15) is 5.82 Å². The van der Waals surface area contributed by atoms with E-state index in [1.165, 1.54) is 12.1 Å². The van der Waals surface area contributed by atoms with Crippen LogP contribution in [0, 0.1) is 5.82 Å². The predicted molar refractivity (Wildman–Crippen MR) is 119 cm³/mol. The molecule has 0 aliphatic carbocycles. The van der Waals surface area contributed by atoms with Crippen LogP contribution in [0.5, 0.6) is 0 Å². The molecule has 4 rings (SSSR count). The molecule has 1 N–H and O–H groups in total. The summed E-state index contributed by atoms with van der Waals surface area (Å²) < 4.78 is 15.2. The van der Waals surface area contributed by atoms with E-state index in [9.17, 15) is 9.18 Å². The number of aryl methyl sites for hydroxylation is 1. The Hall–Kier alpha value is -3.11. The minimum absolute atomic E-state index is 0.0257. The van der Waals surface area contributed by atoms with Gasteiger partial charge in [-0.1, -0.05) is 60.1 Å². The van der Waals surface area contributed by atoms with Gasteiger partial charge in [0.2, 0.25) is 5.91 Å². The average molecular weight is 421 g/mol. The molecule has 0 unspecified atom stereocenters. The maximum absolute atomic E-state index is 13.0. The van der Waals surface area contributed by atoms with Crippen LogP contribution in [0.1, 0.15) is 23.1 Å². The van der Waals surface area contributed by atoms with Crippen LogP contribution in [0.25, 0.3) is 10.9 Å². The van der Waals surface area contributed by atoms with Crippen LogP contribution < -0.4 is 5.32 Å². The summed E-state index contributed by atoms with van der Waals surface area (Å²) in [5, 5.41) is 4.80. The van der Waals surface area contributed by atoms with Gasteiger partial charge in [-0.15, -0.1) is 0 Å². The van der Waals surface area contributed by atoms with E-state index in [0.29, 0.717) is 25.9 Å². The van der Waals surface area contributed by atoms with E-state index in [1.54, 1.807) is 12.1 Å². The summed E-state index contributed by atoms with van der Waals surface area (Å²) in [7, 11) is 0. The first-order valence-electron chi connectivity index (χ1n) is 9.91. The lowest BCUT2D eigenvalue weighted by molar-refractivity contribution is -0.121. The summed E-state index contributed by atoms with van der Waals surface area (Å²) in [6, 6.07) is 22.2. The highest BCUT2D eigenvalue weighted by Gasteiger charge is 2.11. The number of hydrogen-bond donors (Lipinski definition) is 1. The van der Waals surface area contributed by atoms with Crippen molar-refractivity contribution in [2.45, 2.75) is 25.9 Å². The monoisotopic (exact) mass is 420 g/mol. The lowest BCUT2D eigenvalue weighted by atomic mass is 10.1. The molecule has 1 heterocycles. The number of nitrogens with one attached hydrogen (secondary N) is 1. The van der Waals surface area contributed by atoms with Crippen molar-refractivity contribution < 1.29 is 9.18 Å². The quantitative estimate of drug-likeness (QED) is 0.407. The average Bonchev–Trinajstić information content (AvgIpc) is 3.11. The first-order valence-corrected chi connectivity index (χ1v) is 10.3. The molecule has 4 aromatic rings. The van der Waals surface area contributed by atoms with Crippen molar-refractivity contribution in [1.82, 2.24) is 9.88 Å². The van der Waals surface area contributed by atoms with Crippen LogP contribution in [0.2, 0.25) is 5.02 Å². The first kappa shape index (κ1) is 20.2. The van der Waals surface area contributed by atoms with E-state index in [-0.39, 0.29) is 11.7 Å². The van der Waals surface area contributed by atoms with Gasteiger partial charge >= 0.3 is 0 Å².